The van der Waals surface area contributed by atoms with Gasteiger partial charge in [0.15, 0.2) is 5.78 Å². The van der Waals surface area contributed by atoms with Gasteiger partial charge >= 0.3 is 6.21 Å². The van der Waals surface area contributed by atoms with Crippen LogP contribution in [0, 0.1) is 0 Å². The summed E-state index contributed by atoms with van der Waals surface area (Å²) in [5.41, 5.74) is 11.1. The van der Waals surface area contributed by atoms with Crippen LogP contribution in [0.2, 0.25) is 0 Å². The zero-order valence-corrected chi connectivity index (χ0v) is 11.8. The Morgan fingerprint density at radius 2 is 2.00 bits per heavy atom. The van der Waals surface area contributed by atoms with Crippen LogP contribution in [0.5, 0.6) is 0 Å². The van der Waals surface area contributed by atoms with Crippen molar-refractivity contribution in [3.63, 3.8) is 0 Å². The molecule has 5 heteroatoms. The lowest BCUT2D eigenvalue weighted by atomic mass is 9.98. The lowest BCUT2D eigenvalue weighted by molar-refractivity contribution is 0.00234. The van der Waals surface area contributed by atoms with Gasteiger partial charge in [-0.1, -0.05) is 24.3 Å². The van der Waals surface area contributed by atoms with E-state index in [-0.39, 0.29) is 5.78 Å². The number of hydrogen-bond acceptors (Lipinski definition) is 3. The topological polar surface area (TPSA) is 70.5 Å². The molecule has 2 aromatic rings. The predicted molar refractivity (Wildman–Crippen MR) is 79.9 cm³/mol. The van der Waals surface area contributed by atoms with E-state index in [0.29, 0.717) is 22.4 Å². The molecule has 0 saturated carbocycles. The molecule has 3 rings (SSSR count). The third-order valence-electron chi connectivity index (χ3n) is 3.33. The number of carbonyl (C=O) groups is 2. The van der Waals surface area contributed by atoms with Crippen LogP contribution in [0.15, 0.2) is 47.4 Å². The largest absolute Gasteiger partial charge is 0.361 e. The molecule has 1 aliphatic heterocycles. The van der Waals surface area contributed by atoms with Crippen LogP contribution in [-0.4, -0.2) is 22.6 Å². The zero-order valence-electron chi connectivity index (χ0n) is 10.9. The number of hydrogen-bond donors (Lipinski definition) is 0. The molecule has 0 N–H and O–H groups in total. The van der Waals surface area contributed by atoms with Gasteiger partial charge in [-0.25, -0.2) is 0 Å². The van der Waals surface area contributed by atoms with Gasteiger partial charge in [-0.3, -0.25) is 9.59 Å². The molecule has 0 unspecified atom stereocenters. The zero-order chi connectivity index (χ0) is 14.8. The van der Waals surface area contributed by atoms with E-state index < -0.39 is 5.78 Å². The minimum atomic E-state index is -0.393. The third kappa shape index (κ3) is 2.44. The van der Waals surface area contributed by atoms with E-state index in [2.05, 4.69) is 4.79 Å². The van der Waals surface area contributed by atoms with Crippen LogP contribution >= 0.6 is 11.8 Å². The van der Waals surface area contributed by atoms with Crippen LogP contribution in [0.1, 0.15) is 31.8 Å². The molecule has 2 aromatic carbocycles. The average Bonchev–Trinajstić information content (AvgIpc) is 2.65. The summed E-state index contributed by atoms with van der Waals surface area (Å²) in [5.74, 6) is 0.260. The van der Waals surface area contributed by atoms with E-state index in [1.165, 1.54) is 11.8 Å². The number of nitrogens with zero attached hydrogens (tertiary/aromatic N) is 2. The van der Waals surface area contributed by atoms with Crippen molar-refractivity contribution < 1.29 is 14.4 Å². The highest BCUT2D eigenvalue weighted by Crippen LogP contribution is 2.34. The summed E-state index contributed by atoms with van der Waals surface area (Å²) in [4.78, 5) is 27.8. The molecule has 102 valence electrons. The van der Waals surface area contributed by atoms with Gasteiger partial charge in [-0.15, -0.1) is 11.8 Å². The number of thioether (sulfide) groups is 1. The fourth-order valence-corrected chi connectivity index (χ4v) is 3.37. The van der Waals surface area contributed by atoms with Crippen molar-refractivity contribution in [3.8, 4) is 0 Å². The maximum absolute atomic E-state index is 12.6. The van der Waals surface area contributed by atoms with Crippen molar-refractivity contribution in [1.82, 2.24) is 0 Å². The van der Waals surface area contributed by atoms with E-state index in [1.807, 2.05) is 24.3 Å². The van der Waals surface area contributed by atoms with E-state index in [1.54, 1.807) is 18.2 Å². The van der Waals surface area contributed by atoms with Gasteiger partial charge in [-0.2, -0.15) is 4.79 Å². The van der Waals surface area contributed by atoms with Crippen LogP contribution in [0.4, 0.5) is 0 Å². The molecule has 0 spiro atoms. The van der Waals surface area contributed by atoms with Crippen LogP contribution < -0.4 is 0 Å². The first-order valence-corrected chi connectivity index (χ1v) is 7.30. The van der Waals surface area contributed by atoms with Gasteiger partial charge in [-0.05, 0) is 23.8 Å². The molecule has 0 bridgehead atoms. The summed E-state index contributed by atoms with van der Waals surface area (Å²) in [7, 11) is 0. The molecule has 1 aliphatic rings. The minimum absolute atomic E-state index is 0.0274. The maximum atomic E-state index is 12.6. The fourth-order valence-electron chi connectivity index (χ4n) is 2.28. The molecule has 0 radical (unpaired) electrons. The van der Waals surface area contributed by atoms with Crippen molar-refractivity contribution in [2.75, 3.05) is 0 Å². The molecule has 0 fully saturated rings. The Balaban J connectivity index is 2.09. The van der Waals surface area contributed by atoms with Crippen molar-refractivity contribution in [2.45, 2.75) is 10.6 Å². The second-order valence-electron chi connectivity index (χ2n) is 4.59. The fraction of sp³-hybridized carbons (Fsp3) is 0.0625. The van der Waals surface area contributed by atoms with E-state index in [9.17, 15) is 9.59 Å². The highest BCUT2D eigenvalue weighted by atomic mass is 32.2. The number of fused-ring (bicyclic) bond motifs is 2. The summed E-state index contributed by atoms with van der Waals surface area (Å²) >= 11 is 1.53. The van der Waals surface area contributed by atoms with Crippen molar-refractivity contribution in [3.05, 3.63) is 70.2 Å². The van der Waals surface area contributed by atoms with E-state index >= 15 is 0 Å². The van der Waals surface area contributed by atoms with Crippen molar-refractivity contribution >= 4 is 29.5 Å². The number of benzene rings is 2. The van der Waals surface area contributed by atoms with Crippen LogP contribution in [0.25, 0.3) is 5.53 Å². The predicted octanol–water partition coefficient (Wildman–Crippen LogP) is 3.01. The Labute approximate surface area is 125 Å². The average molecular weight is 294 g/mol. The number of carbonyl (C=O) groups excluding carboxylic acids is 2. The standard InChI is InChI=1S/C16H10N2O2S/c17-18-8-14(19)10-5-6-13-15(7-10)21-9-11-3-1-2-4-12(11)16(13)20/h1-8H,9H2. The Bertz CT molecular complexity index is 808. The first-order chi connectivity index (χ1) is 10.2. The molecule has 21 heavy (non-hydrogen) atoms. The third-order valence-corrected chi connectivity index (χ3v) is 4.44. The van der Waals surface area contributed by atoms with Gasteiger partial charge in [0, 0.05) is 27.3 Å². The lowest BCUT2D eigenvalue weighted by Crippen LogP contribution is -2.06. The molecule has 0 atom stereocenters. The summed E-state index contributed by atoms with van der Waals surface area (Å²) in [6, 6.07) is 12.4. The Hall–Kier alpha value is -2.49. The number of Topliss-reactive ketones (excluding diaryl/α,β-unsaturated/α-hetero) is 1. The Kier molecular flexibility index (Phi) is 3.52. The smallest absolute Gasteiger partial charge is 0.328 e. The lowest BCUT2D eigenvalue weighted by Gasteiger charge is -2.05. The van der Waals surface area contributed by atoms with E-state index in [4.69, 9.17) is 5.53 Å². The minimum Gasteiger partial charge on any atom is -0.361 e. The summed E-state index contributed by atoms with van der Waals surface area (Å²) in [6.07, 6.45) is 0.847. The quantitative estimate of drug-likeness (QED) is 0.370. The van der Waals surface area contributed by atoms with Crippen molar-refractivity contribution in [2.24, 2.45) is 0 Å². The molecule has 0 aromatic heterocycles. The van der Waals surface area contributed by atoms with Gasteiger partial charge < -0.3 is 5.53 Å². The Morgan fingerprint density at radius 3 is 2.81 bits per heavy atom. The molecule has 4 nitrogen and oxygen atoms in total. The molecule has 0 amide bonds. The van der Waals surface area contributed by atoms with Crippen LogP contribution in [0.3, 0.4) is 0 Å². The summed E-state index contributed by atoms with van der Waals surface area (Å²) < 4.78 is 0. The monoisotopic (exact) mass is 294 g/mol. The number of rotatable bonds is 2. The molecule has 0 saturated heterocycles. The van der Waals surface area contributed by atoms with Gasteiger partial charge in [0.1, 0.15) is 0 Å². The molecular weight excluding hydrogens is 284 g/mol. The van der Waals surface area contributed by atoms with E-state index in [0.717, 1.165) is 16.7 Å². The SMILES string of the molecule is [N-]=[N+]=CC(=O)c1ccc2c(c1)SCc1ccccc1C2=O. The molecular formula is C16H10N2O2S. The first kappa shape index (κ1) is 13.5. The normalized spacial score (nSPS) is 12.7. The summed E-state index contributed by atoms with van der Waals surface area (Å²) in [5, 5.41) is 0. The summed E-state index contributed by atoms with van der Waals surface area (Å²) in [6.45, 7) is 0. The molecule has 0 aliphatic carbocycles. The van der Waals surface area contributed by atoms with Gasteiger partial charge in [0.05, 0.1) is 0 Å². The van der Waals surface area contributed by atoms with Gasteiger partial charge in [0.25, 0.3) is 5.78 Å². The second-order valence-corrected chi connectivity index (χ2v) is 5.61. The van der Waals surface area contributed by atoms with Crippen molar-refractivity contribution in [1.29, 1.82) is 0 Å². The Morgan fingerprint density at radius 1 is 1.19 bits per heavy atom. The van der Waals surface area contributed by atoms with Crippen LogP contribution in [-0.2, 0) is 5.75 Å². The van der Waals surface area contributed by atoms with Gasteiger partial charge in [0.2, 0.25) is 0 Å². The number of ketones is 2. The molecule has 1 heterocycles. The highest BCUT2D eigenvalue weighted by Gasteiger charge is 2.22. The first-order valence-electron chi connectivity index (χ1n) is 6.32. The highest BCUT2D eigenvalue weighted by molar-refractivity contribution is 7.98. The maximum Gasteiger partial charge on any atom is 0.328 e. The second kappa shape index (κ2) is 5.48.